The molecule has 1 aromatic rings. The van der Waals surface area contributed by atoms with E-state index in [1.165, 1.54) is 11.1 Å². The summed E-state index contributed by atoms with van der Waals surface area (Å²) < 4.78 is 2.12. The third-order valence-corrected chi connectivity index (χ3v) is 2.64. The molecule has 0 aliphatic heterocycles. The Balaban J connectivity index is 2.69. The van der Waals surface area contributed by atoms with Gasteiger partial charge in [-0.25, -0.2) is 0 Å². The van der Waals surface area contributed by atoms with Crippen molar-refractivity contribution in [3.8, 4) is 0 Å². The second-order valence-corrected chi connectivity index (χ2v) is 3.40. The van der Waals surface area contributed by atoms with Crippen molar-refractivity contribution in [2.75, 3.05) is 0 Å². The summed E-state index contributed by atoms with van der Waals surface area (Å²) in [5.41, 5.74) is 2.62. The largest absolute Gasteiger partial charge is 0.0622 e. The summed E-state index contributed by atoms with van der Waals surface area (Å²) in [6.45, 7) is 2.17. The number of hydrogen-bond acceptors (Lipinski definition) is 0. The van der Waals surface area contributed by atoms with Gasteiger partial charge in [-0.2, -0.15) is 0 Å². The fourth-order valence-corrected chi connectivity index (χ4v) is 1.65. The summed E-state index contributed by atoms with van der Waals surface area (Å²) in [7, 11) is 0. The molecular formula is C12H13I. The highest BCUT2D eigenvalue weighted by Crippen LogP contribution is 2.09. The minimum Gasteiger partial charge on any atom is -0.0622 e. The maximum Gasteiger partial charge on any atom is -0.0202 e. The van der Waals surface area contributed by atoms with Crippen LogP contribution in [0.2, 0.25) is 0 Å². The van der Waals surface area contributed by atoms with E-state index in [0.29, 0.717) is 0 Å². The van der Waals surface area contributed by atoms with Gasteiger partial charge < -0.3 is 0 Å². The van der Waals surface area contributed by atoms with Gasteiger partial charge in [0.15, 0.2) is 0 Å². The molecule has 0 saturated heterocycles. The smallest absolute Gasteiger partial charge is 0.0202 e. The summed E-state index contributed by atoms with van der Waals surface area (Å²) in [6.07, 6.45) is 5.40. The SMILES string of the molecule is CCC(=C/I)/C=C/c1ccccc1. The Hall–Kier alpha value is -0.570. The zero-order valence-corrected chi connectivity index (χ0v) is 9.86. The van der Waals surface area contributed by atoms with E-state index in [1.807, 2.05) is 6.07 Å². The monoisotopic (exact) mass is 284 g/mol. The Morgan fingerprint density at radius 3 is 2.54 bits per heavy atom. The van der Waals surface area contributed by atoms with Crippen LogP contribution in [0.5, 0.6) is 0 Å². The Bertz CT molecular complexity index is 296. The zero-order chi connectivity index (χ0) is 9.52. The van der Waals surface area contributed by atoms with Crippen molar-refractivity contribution < 1.29 is 0 Å². The van der Waals surface area contributed by atoms with Crippen molar-refractivity contribution in [3.63, 3.8) is 0 Å². The molecule has 0 heterocycles. The Morgan fingerprint density at radius 2 is 2.00 bits per heavy atom. The molecule has 0 bridgehead atoms. The average Bonchev–Trinajstić information content (AvgIpc) is 2.21. The lowest BCUT2D eigenvalue weighted by molar-refractivity contribution is 1.16. The van der Waals surface area contributed by atoms with Crippen LogP contribution in [0.3, 0.4) is 0 Å². The van der Waals surface area contributed by atoms with Gasteiger partial charge >= 0.3 is 0 Å². The van der Waals surface area contributed by atoms with Gasteiger partial charge in [-0.1, -0.05) is 72.0 Å². The highest BCUT2D eigenvalue weighted by molar-refractivity contribution is 14.1. The van der Waals surface area contributed by atoms with Gasteiger partial charge in [-0.05, 0) is 21.6 Å². The highest BCUT2D eigenvalue weighted by atomic mass is 127. The second-order valence-electron chi connectivity index (χ2n) is 2.78. The molecule has 0 nitrogen and oxygen atoms in total. The summed E-state index contributed by atoms with van der Waals surface area (Å²) in [5.74, 6) is 0. The van der Waals surface area contributed by atoms with Crippen LogP contribution in [0.4, 0.5) is 0 Å². The van der Waals surface area contributed by atoms with E-state index in [4.69, 9.17) is 0 Å². The van der Waals surface area contributed by atoms with E-state index >= 15 is 0 Å². The number of hydrogen-bond donors (Lipinski definition) is 0. The van der Waals surface area contributed by atoms with Crippen LogP contribution < -0.4 is 0 Å². The molecule has 0 aliphatic carbocycles. The first-order valence-electron chi connectivity index (χ1n) is 4.39. The van der Waals surface area contributed by atoms with Gasteiger partial charge in [0.25, 0.3) is 0 Å². The van der Waals surface area contributed by atoms with Crippen LogP contribution >= 0.6 is 22.6 Å². The highest BCUT2D eigenvalue weighted by Gasteiger charge is 1.86. The molecule has 0 spiro atoms. The van der Waals surface area contributed by atoms with Crippen molar-refractivity contribution in [3.05, 3.63) is 51.6 Å². The van der Waals surface area contributed by atoms with Gasteiger partial charge in [0, 0.05) is 0 Å². The van der Waals surface area contributed by atoms with Gasteiger partial charge in [-0.3, -0.25) is 0 Å². The van der Waals surface area contributed by atoms with Crippen molar-refractivity contribution in [2.24, 2.45) is 0 Å². The topological polar surface area (TPSA) is 0 Å². The minimum absolute atomic E-state index is 1.09. The molecule has 0 aliphatic rings. The van der Waals surface area contributed by atoms with Crippen molar-refractivity contribution in [1.29, 1.82) is 0 Å². The zero-order valence-electron chi connectivity index (χ0n) is 7.70. The minimum atomic E-state index is 1.09. The van der Waals surface area contributed by atoms with Crippen molar-refractivity contribution in [1.82, 2.24) is 0 Å². The first kappa shape index (κ1) is 10.5. The van der Waals surface area contributed by atoms with E-state index in [-0.39, 0.29) is 0 Å². The number of allylic oxidation sites excluding steroid dienone is 2. The van der Waals surface area contributed by atoms with Gasteiger partial charge in [0.05, 0.1) is 0 Å². The molecule has 68 valence electrons. The molecule has 13 heavy (non-hydrogen) atoms. The van der Waals surface area contributed by atoms with Crippen LogP contribution in [0.1, 0.15) is 18.9 Å². The molecule has 0 amide bonds. The fraction of sp³-hybridized carbons (Fsp3) is 0.167. The van der Waals surface area contributed by atoms with Crippen LogP contribution in [-0.2, 0) is 0 Å². The van der Waals surface area contributed by atoms with Gasteiger partial charge in [0.2, 0.25) is 0 Å². The molecule has 0 radical (unpaired) electrons. The van der Waals surface area contributed by atoms with E-state index in [9.17, 15) is 0 Å². The predicted octanol–water partition coefficient (Wildman–Crippen LogP) is 4.43. The second kappa shape index (κ2) is 5.97. The molecule has 0 fully saturated rings. The molecule has 1 heteroatoms. The molecular weight excluding hydrogens is 271 g/mol. The molecule has 1 rings (SSSR count). The first-order chi connectivity index (χ1) is 6.36. The number of benzene rings is 1. The van der Waals surface area contributed by atoms with E-state index in [0.717, 1.165) is 6.42 Å². The Labute approximate surface area is 93.5 Å². The first-order valence-corrected chi connectivity index (χ1v) is 5.63. The molecule has 0 N–H and O–H groups in total. The van der Waals surface area contributed by atoms with Crippen molar-refractivity contribution >= 4 is 28.7 Å². The van der Waals surface area contributed by atoms with Crippen LogP contribution in [0, 0.1) is 0 Å². The number of rotatable bonds is 3. The Morgan fingerprint density at radius 1 is 1.31 bits per heavy atom. The molecule has 1 aromatic carbocycles. The number of halogens is 1. The molecule has 0 saturated carbocycles. The molecule has 0 atom stereocenters. The van der Waals surface area contributed by atoms with E-state index < -0.39 is 0 Å². The predicted molar refractivity (Wildman–Crippen MR) is 67.9 cm³/mol. The lowest BCUT2D eigenvalue weighted by Crippen LogP contribution is -1.72. The van der Waals surface area contributed by atoms with Crippen LogP contribution in [0.15, 0.2) is 46.1 Å². The van der Waals surface area contributed by atoms with Gasteiger partial charge in [-0.15, -0.1) is 0 Å². The summed E-state index contributed by atoms with van der Waals surface area (Å²) in [4.78, 5) is 0. The summed E-state index contributed by atoms with van der Waals surface area (Å²) in [5, 5.41) is 0. The molecule has 0 unspecified atom stereocenters. The summed E-state index contributed by atoms with van der Waals surface area (Å²) >= 11 is 2.28. The van der Waals surface area contributed by atoms with Crippen LogP contribution in [0.25, 0.3) is 6.08 Å². The van der Waals surface area contributed by atoms with Gasteiger partial charge in [0.1, 0.15) is 0 Å². The molecule has 0 aromatic heterocycles. The maximum absolute atomic E-state index is 2.28. The normalized spacial score (nSPS) is 12.3. The fourth-order valence-electron chi connectivity index (χ4n) is 0.999. The average molecular weight is 284 g/mol. The lowest BCUT2D eigenvalue weighted by atomic mass is 10.1. The van der Waals surface area contributed by atoms with E-state index in [1.54, 1.807) is 0 Å². The lowest BCUT2D eigenvalue weighted by Gasteiger charge is -1.94. The summed E-state index contributed by atoms with van der Waals surface area (Å²) in [6, 6.07) is 10.4. The maximum atomic E-state index is 2.28. The quantitative estimate of drug-likeness (QED) is 0.569. The third kappa shape index (κ3) is 3.77. The van der Waals surface area contributed by atoms with Crippen molar-refractivity contribution in [2.45, 2.75) is 13.3 Å². The Kier molecular flexibility index (Phi) is 4.83. The van der Waals surface area contributed by atoms with E-state index in [2.05, 4.69) is 70.0 Å². The standard InChI is InChI=1S/C12H13I/c1-2-11(10-13)8-9-12-6-4-3-5-7-12/h3-10H,2H2,1H3/b9-8+,11-10-. The third-order valence-electron chi connectivity index (χ3n) is 1.84. The van der Waals surface area contributed by atoms with Crippen LogP contribution in [-0.4, -0.2) is 0 Å².